The molecule has 1 aromatic rings. The Labute approximate surface area is 234 Å². The van der Waals surface area contributed by atoms with Crippen LogP contribution < -0.4 is 5.32 Å². The molecule has 4 heterocycles. The molecular weight excluding hydrogens is 574 g/mol. The molecule has 15 nitrogen and oxygen atoms in total. The van der Waals surface area contributed by atoms with Gasteiger partial charge in [0, 0.05) is 35.5 Å². The summed E-state index contributed by atoms with van der Waals surface area (Å²) < 4.78 is 15.1. The second-order valence-corrected chi connectivity index (χ2v) is 11.0. The number of rotatable bonds is 9. The molecule has 5 unspecified atom stereocenters. The molecule has 40 heavy (non-hydrogen) atoms. The number of nitrogens with zero attached hydrogens (tertiary/aromatic N) is 2. The summed E-state index contributed by atoms with van der Waals surface area (Å²) in [6.07, 6.45) is -6.92. The molecule has 17 heteroatoms. The zero-order chi connectivity index (χ0) is 29.1. The van der Waals surface area contributed by atoms with Crippen LogP contribution in [0.15, 0.2) is 40.7 Å². The number of carboxylic acids is 1. The molecule has 7 atom stereocenters. The van der Waals surface area contributed by atoms with Crippen molar-refractivity contribution in [3.05, 3.63) is 35.8 Å². The van der Waals surface area contributed by atoms with Gasteiger partial charge in [0.2, 0.25) is 12.2 Å². The maximum atomic E-state index is 13.3. The molecule has 2 fully saturated rings. The number of aliphatic hydroxyl groups excluding tert-OH is 3. The van der Waals surface area contributed by atoms with Crippen LogP contribution in [0.5, 0.6) is 0 Å². The Hall–Kier alpha value is -3.22. The summed E-state index contributed by atoms with van der Waals surface area (Å²) in [4.78, 5) is 67.4. The lowest BCUT2D eigenvalue weighted by Crippen LogP contribution is -2.71. The van der Waals surface area contributed by atoms with Gasteiger partial charge in [-0.3, -0.25) is 24.3 Å². The van der Waals surface area contributed by atoms with Crippen molar-refractivity contribution in [2.45, 2.75) is 53.9 Å². The molecule has 0 aromatic carbocycles. The molecule has 0 radical (unpaired) electrons. The van der Waals surface area contributed by atoms with Crippen LogP contribution in [0.1, 0.15) is 6.92 Å². The predicted octanol–water partition coefficient (Wildman–Crippen LogP) is -2.17. The highest BCUT2D eigenvalue weighted by Crippen LogP contribution is 2.41. The van der Waals surface area contributed by atoms with E-state index in [1.807, 2.05) is 0 Å². The average Bonchev–Trinajstić information content (AvgIpc) is 2.93. The number of β-lactam (4-membered cyclic amide) rings is 1. The Morgan fingerprint density at radius 2 is 1.88 bits per heavy atom. The van der Waals surface area contributed by atoms with Gasteiger partial charge in [-0.2, -0.15) is 0 Å². The molecule has 0 aliphatic carbocycles. The van der Waals surface area contributed by atoms with E-state index in [4.69, 9.17) is 14.2 Å². The molecule has 0 bridgehead atoms. The van der Waals surface area contributed by atoms with Crippen LogP contribution in [0, 0.1) is 0 Å². The molecule has 0 saturated carbocycles. The minimum atomic E-state index is -2.02. The van der Waals surface area contributed by atoms with Crippen molar-refractivity contribution in [1.29, 1.82) is 0 Å². The summed E-state index contributed by atoms with van der Waals surface area (Å²) in [7, 11) is 0. The fourth-order valence-electron chi connectivity index (χ4n) is 4.08. The lowest BCUT2D eigenvalue weighted by molar-refractivity contribution is -0.285. The number of carboxylic acid groups (broad SMARTS) is 1. The number of carbonyl (C=O) groups excluding carboxylic acids is 4. The summed E-state index contributed by atoms with van der Waals surface area (Å²) in [5.74, 6) is -4.55. The highest BCUT2D eigenvalue weighted by atomic mass is 32.2. The smallest absolute Gasteiger partial charge is 0.357 e. The molecule has 2 saturated heterocycles. The molecular formula is C23H25N3O12S2. The number of aromatic nitrogens is 1. The van der Waals surface area contributed by atoms with Crippen LogP contribution in [-0.4, -0.2) is 120 Å². The van der Waals surface area contributed by atoms with Gasteiger partial charge in [-0.05, 0) is 12.1 Å². The first-order valence-corrected chi connectivity index (χ1v) is 13.8. The van der Waals surface area contributed by atoms with Crippen molar-refractivity contribution in [3.63, 3.8) is 0 Å². The van der Waals surface area contributed by atoms with Gasteiger partial charge < -0.3 is 40.0 Å². The van der Waals surface area contributed by atoms with Gasteiger partial charge >= 0.3 is 17.9 Å². The first-order chi connectivity index (χ1) is 19.0. The highest BCUT2D eigenvalue weighted by Gasteiger charge is 2.55. The maximum Gasteiger partial charge on any atom is 0.357 e. The van der Waals surface area contributed by atoms with Gasteiger partial charge in [0.05, 0.1) is 5.75 Å². The van der Waals surface area contributed by atoms with Gasteiger partial charge in [0.1, 0.15) is 42.0 Å². The monoisotopic (exact) mass is 599 g/mol. The van der Waals surface area contributed by atoms with E-state index in [-0.39, 0.29) is 29.4 Å². The number of esters is 2. The minimum Gasteiger partial charge on any atom is -0.479 e. The molecule has 1 aromatic heterocycles. The quantitative estimate of drug-likeness (QED) is 0.116. The lowest BCUT2D eigenvalue weighted by Gasteiger charge is -2.50. The number of nitrogens with one attached hydrogen (secondary N) is 1. The van der Waals surface area contributed by atoms with Crippen molar-refractivity contribution >= 4 is 53.2 Å². The Morgan fingerprint density at radius 1 is 1.18 bits per heavy atom. The second-order valence-electron chi connectivity index (χ2n) is 8.80. The Kier molecular flexibility index (Phi) is 9.32. The van der Waals surface area contributed by atoms with Gasteiger partial charge in [-0.15, -0.1) is 23.5 Å². The highest BCUT2D eigenvalue weighted by molar-refractivity contribution is 8.00. The second kappa shape index (κ2) is 12.5. The Balaban J connectivity index is 1.48. The summed E-state index contributed by atoms with van der Waals surface area (Å²) in [5.41, 5.74) is -0.163. The Morgan fingerprint density at radius 3 is 2.52 bits per heavy atom. The Bertz CT molecular complexity index is 1210. The van der Waals surface area contributed by atoms with Gasteiger partial charge in [-0.25, -0.2) is 9.59 Å². The van der Waals surface area contributed by atoms with Crippen molar-refractivity contribution in [3.8, 4) is 0 Å². The fourth-order valence-corrected chi connectivity index (χ4v) is 6.10. The molecule has 0 spiro atoms. The van der Waals surface area contributed by atoms with E-state index in [2.05, 4.69) is 10.3 Å². The van der Waals surface area contributed by atoms with Crippen molar-refractivity contribution < 1.29 is 58.6 Å². The van der Waals surface area contributed by atoms with Gasteiger partial charge in [0.15, 0.2) is 6.10 Å². The van der Waals surface area contributed by atoms with Crippen molar-refractivity contribution in [2.24, 2.45) is 0 Å². The van der Waals surface area contributed by atoms with Crippen LogP contribution >= 0.6 is 23.5 Å². The SMILES string of the molecule is CC(=O)OCC1=C(C(=O)OC2OC(C(=O)O)C(O)C(O)C2O)N2C(=O)[C@@H](NC(=O)CSc3ccncc3)[C@H]2SC1. The number of pyridine rings is 1. The third kappa shape index (κ3) is 6.24. The standard InChI is InChI=1S/C23H25N3O12S2/c1-9(27)36-6-10-7-40-20-13(25-12(28)8-39-11-2-4-24-5-3-11)19(32)26(20)14(10)22(35)38-23-17(31)15(29)16(30)18(37-23)21(33)34/h2-5,13,15-18,20,23,29-31H,6-8H2,1H3,(H,25,28)(H,33,34)/t13-,15?,16?,17?,18?,20-,23?/m1/s1. The minimum absolute atomic E-state index is 0.0173. The first-order valence-electron chi connectivity index (χ1n) is 11.7. The number of aliphatic hydroxyl groups is 3. The van der Waals surface area contributed by atoms with E-state index >= 15 is 0 Å². The lowest BCUT2D eigenvalue weighted by atomic mass is 9.99. The average molecular weight is 600 g/mol. The topological polar surface area (TPSA) is 222 Å². The van der Waals surface area contributed by atoms with E-state index in [1.54, 1.807) is 24.5 Å². The summed E-state index contributed by atoms with van der Waals surface area (Å²) >= 11 is 2.44. The largest absolute Gasteiger partial charge is 0.479 e. The maximum absolute atomic E-state index is 13.3. The van der Waals surface area contributed by atoms with E-state index in [0.29, 0.717) is 0 Å². The van der Waals surface area contributed by atoms with Crippen LogP contribution in [-0.2, 0) is 38.2 Å². The fraction of sp³-hybridized carbons (Fsp3) is 0.478. The van der Waals surface area contributed by atoms with Crippen molar-refractivity contribution in [1.82, 2.24) is 15.2 Å². The summed E-state index contributed by atoms with van der Waals surface area (Å²) in [5, 5.41) is 41.3. The normalized spacial score (nSPS) is 29.6. The van der Waals surface area contributed by atoms with Crippen molar-refractivity contribution in [2.75, 3.05) is 18.1 Å². The molecule has 3 aliphatic heterocycles. The molecule has 216 valence electrons. The van der Waals surface area contributed by atoms with Crippen LogP contribution in [0.4, 0.5) is 0 Å². The number of ether oxygens (including phenoxy) is 3. The number of hydrogen-bond acceptors (Lipinski definition) is 14. The van der Waals surface area contributed by atoms with Crippen LogP contribution in [0.25, 0.3) is 0 Å². The number of thioether (sulfide) groups is 2. The van der Waals surface area contributed by atoms with E-state index < -0.39 is 71.8 Å². The number of carbonyl (C=O) groups is 5. The number of fused-ring (bicyclic) bond motifs is 1. The zero-order valence-electron chi connectivity index (χ0n) is 20.7. The predicted molar refractivity (Wildman–Crippen MR) is 134 cm³/mol. The van der Waals surface area contributed by atoms with E-state index in [9.17, 15) is 44.4 Å². The summed E-state index contributed by atoms with van der Waals surface area (Å²) in [6.45, 7) is 0.767. The molecule has 4 rings (SSSR count). The zero-order valence-corrected chi connectivity index (χ0v) is 22.4. The van der Waals surface area contributed by atoms with Crippen LogP contribution in [0.2, 0.25) is 0 Å². The number of hydrogen-bond donors (Lipinski definition) is 5. The van der Waals surface area contributed by atoms with Gasteiger partial charge in [0.25, 0.3) is 5.91 Å². The molecule has 5 N–H and O–H groups in total. The van der Waals surface area contributed by atoms with E-state index in [1.165, 1.54) is 23.5 Å². The van der Waals surface area contributed by atoms with Gasteiger partial charge in [-0.1, -0.05) is 0 Å². The third-order valence-electron chi connectivity index (χ3n) is 6.06. The molecule has 3 aliphatic rings. The number of aliphatic carboxylic acids is 1. The molecule has 2 amide bonds. The summed E-state index contributed by atoms with van der Waals surface area (Å²) in [6, 6.07) is 2.48. The van der Waals surface area contributed by atoms with Crippen LogP contribution in [0.3, 0.4) is 0 Å². The first kappa shape index (κ1) is 29.8. The van der Waals surface area contributed by atoms with E-state index in [0.717, 1.165) is 16.7 Å². The third-order valence-corrected chi connectivity index (χ3v) is 8.41. The number of amides is 2.